The Balaban J connectivity index is 1.67. The van der Waals surface area contributed by atoms with E-state index in [1.165, 1.54) is 38.5 Å². The predicted molar refractivity (Wildman–Crippen MR) is 73.7 cm³/mol. The van der Waals surface area contributed by atoms with Crippen LogP contribution in [0.15, 0.2) is 0 Å². The largest absolute Gasteiger partial charge is 0.342 e. The van der Waals surface area contributed by atoms with Crippen LogP contribution in [0.1, 0.15) is 38.5 Å². The van der Waals surface area contributed by atoms with Crippen molar-refractivity contribution in [1.82, 2.24) is 15.1 Å². The first kappa shape index (κ1) is 14.3. The quantitative estimate of drug-likeness (QED) is 0.599. The Morgan fingerprint density at radius 3 is 2.26 bits per heavy atom. The molecule has 1 saturated carbocycles. The van der Waals surface area contributed by atoms with Gasteiger partial charge in [-0.1, -0.05) is 25.7 Å². The molecule has 1 aliphatic heterocycles. The van der Waals surface area contributed by atoms with E-state index in [0.717, 1.165) is 6.41 Å². The minimum absolute atomic E-state index is 0.176. The van der Waals surface area contributed by atoms with Crippen LogP contribution in [-0.2, 0) is 9.59 Å². The monoisotopic (exact) mass is 267 g/mol. The van der Waals surface area contributed by atoms with Gasteiger partial charge < -0.3 is 15.1 Å². The van der Waals surface area contributed by atoms with Gasteiger partial charge in [0.05, 0.1) is 6.54 Å². The molecule has 2 aliphatic rings. The van der Waals surface area contributed by atoms with E-state index in [4.69, 9.17) is 0 Å². The van der Waals surface area contributed by atoms with E-state index in [2.05, 4.69) is 5.32 Å². The number of carbonyl (C=O) groups is 2. The number of piperazine rings is 1. The van der Waals surface area contributed by atoms with Crippen molar-refractivity contribution in [3.63, 3.8) is 0 Å². The van der Waals surface area contributed by atoms with Crippen LogP contribution in [0.3, 0.4) is 0 Å². The number of hydrogen-bond donors (Lipinski definition) is 1. The molecule has 19 heavy (non-hydrogen) atoms. The summed E-state index contributed by atoms with van der Waals surface area (Å²) in [5, 5.41) is 3.41. The van der Waals surface area contributed by atoms with E-state index in [9.17, 15) is 9.59 Å². The minimum atomic E-state index is 0.176. The highest BCUT2D eigenvalue weighted by Gasteiger charge is 2.21. The molecule has 1 N–H and O–H groups in total. The molecule has 0 aromatic carbocycles. The molecule has 0 bridgehead atoms. The molecule has 108 valence electrons. The number of rotatable bonds is 4. The minimum Gasteiger partial charge on any atom is -0.342 e. The number of hydrogen-bond acceptors (Lipinski definition) is 3. The van der Waals surface area contributed by atoms with Crippen LogP contribution in [0.2, 0.25) is 0 Å². The van der Waals surface area contributed by atoms with Crippen molar-refractivity contribution >= 4 is 12.3 Å². The van der Waals surface area contributed by atoms with E-state index < -0.39 is 0 Å². The summed E-state index contributed by atoms with van der Waals surface area (Å²) in [6.07, 6.45) is 8.50. The first-order valence-electron chi connectivity index (χ1n) is 7.50. The second-order valence-electron chi connectivity index (χ2n) is 5.59. The first-order chi connectivity index (χ1) is 9.29. The third-order valence-corrected chi connectivity index (χ3v) is 4.21. The van der Waals surface area contributed by atoms with Crippen molar-refractivity contribution in [1.29, 1.82) is 0 Å². The molecule has 1 aliphatic carbocycles. The normalized spacial score (nSPS) is 22.1. The maximum absolute atomic E-state index is 12.1. The van der Waals surface area contributed by atoms with E-state index >= 15 is 0 Å². The van der Waals surface area contributed by atoms with Crippen molar-refractivity contribution in [3.05, 3.63) is 0 Å². The highest BCUT2D eigenvalue weighted by molar-refractivity contribution is 5.78. The predicted octanol–water partition coefficient (Wildman–Crippen LogP) is 0.599. The molecule has 5 nitrogen and oxygen atoms in total. The van der Waals surface area contributed by atoms with E-state index in [1.54, 1.807) is 4.90 Å². The Bertz CT molecular complexity index is 293. The lowest BCUT2D eigenvalue weighted by molar-refractivity contribution is -0.134. The average molecular weight is 267 g/mol. The van der Waals surface area contributed by atoms with Crippen LogP contribution in [0.4, 0.5) is 0 Å². The van der Waals surface area contributed by atoms with Crippen LogP contribution in [0.5, 0.6) is 0 Å². The van der Waals surface area contributed by atoms with Crippen LogP contribution in [0.25, 0.3) is 0 Å². The number of nitrogens with zero attached hydrogens (tertiary/aromatic N) is 2. The first-order valence-corrected chi connectivity index (χ1v) is 7.50. The Labute approximate surface area is 115 Å². The lowest BCUT2D eigenvalue weighted by Crippen LogP contribution is -2.51. The highest BCUT2D eigenvalue weighted by Crippen LogP contribution is 2.17. The summed E-state index contributed by atoms with van der Waals surface area (Å²) in [6, 6.07) is 0.516. The number of amides is 2. The highest BCUT2D eigenvalue weighted by atomic mass is 16.2. The second-order valence-corrected chi connectivity index (χ2v) is 5.59. The van der Waals surface area contributed by atoms with Gasteiger partial charge in [0.15, 0.2) is 0 Å². The maximum atomic E-state index is 12.1. The molecule has 0 radical (unpaired) electrons. The molecule has 2 fully saturated rings. The molecule has 0 aromatic rings. The molecular formula is C14H25N3O2. The third-order valence-electron chi connectivity index (χ3n) is 4.21. The summed E-state index contributed by atoms with van der Waals surface area (Å²) in [5.74, 6) is 0.176. The fourth-order valence-corrected chi connectivity index (χ4v) is 2.90. The van der Waals surface area contributed by atoms with Gasteiger partial charge in [-0.05, 0) is 12.8 Å². The Hall–Kier alpha value is -1.10. The van der Waals surface area contributed by atoms with Crippen molar-refractivity contribution in [2.24, 2.45) is 0 Å². The Morgan fingerprint density at radius 1 is 1.05 bits per heavy atom. The van der Waals surface area contributed by atoms with Gasteiger partial charge >= 0.3 is 0 Å². The van der Waals surface area contributed by atoms with Gasteiger partial charge in [0.1, 0.15) is 0 Å². The molecule has 0 atom stereocenters. The molecule has 2 amide bonds. The maximum Gasteiger partial charge on any atom is 0.236 e. The van der Waals surface area contributed by atoms with Gasteiger partial charge in [-0.3, -0.25) is 9.59 Å². The zero-order chi connectivity index (χ0) is 13.5. The summed E-state index contributed by atoms with van der Waals surface area (Å²) in [4.78, 5) is 26.3. The third kappa shape index (κ3) is 4.49. The summed E-state index contributed by atoms with van der Waals surface area (Å²) in [7, 11) is 0. The van der Waals surface area contributed by atoms with Gasteiger partial charge in [-0.15, -0.1) is 0 Å². The van der Waals surface area contributed by atoms with Gasteiger partial charge in [0.2, 0.25) is 12.3 Å². The summed E-state index contributed by atoms with van der Waals surface area (Å²) in [6.45, 7) is 3.12. The van der Waals surface area contributed by atoms with Gasteiger partial charge in [0, 0.05) is 32.2 Å². The van der Waals surface area contributed by atoms with Crippen LogP contribution in [0, 0.1) is 0 Å². The Morgan fingerprint density at radius 2 is 1.68 bits per heavy atom. The average Bonchev–Trinajstić information content (AvgIpc) is 2.73. The summed E-state index contributed by atoms with van der Waals surface area (Å²) >= 11 is 0. The molecule has 0 spiro atoms. The molecule has 0 aromatic heterocycles. The molecule has 0 unspecified atom stereocenters. The van der Waals surface area contributed by atoms with Crippen LogP contribution in [-0.4, -0.2) is 60.9 Å². The SMILES string of the molecule is O=CN1CCN(C(=O)CNC2CCCCCC2)CC1. The second kappa shape index (κ2) is 7.48. The zero-order valence-corrected chi connectivity index (χ0v) is 11.6. The lowest BCUT2D eigenvalue weighted by atomic mass is 10.1. The Kier molecular flexibility index (Phi) is 5.63. The number of nitrogens with one attached hydrogen (secondary N) is 1. The fraction of sp³-hybridized carbons (Fsp3) is 0.857. The molecule has 1 heterocycles. The molecule has 1 saturated heterocycles. The van der Waals surface area contributed by atoms with Crippen LogP contribution >= 0.6 is 0 Å². The van der Waals surface area contributed by atoms with Gasteiger partial charge in [-0.2, -0.15) is 0 Å². The number of carbonyl (C=O) groups excluding carboxylic acids is 2. The standard InChI is InChI=1S/C14H25N3O2/c18-12-16-7-9-17(10-8-16)14(19)11-15-13-5-3-1-2-4-6-13/h12-13,15H,1-11H2. The van der Waals surface area contributed by atoms with E-state index in [-0.39, 0.29) is 5.91 Å². The molecular weight excluding hydrogens is 242 g/mol. The zero-order valence-electron chi connectivity index (χ0n) is 11.6. The van der Waals surface area contributed by atoms with Gasteiger partial charge in [0.25, 0.3) is 0 Å². The lowest BCUT2D eigenvalue weighted by Gasteiger charge is -2.33. The summed E-state index contributed by atoms with van der Waals surface area (Å²) < 4.78 is 0. The fourth-order valence-electron chi connectivity index (χ4n) is 2.90. The topological polar surface area (TPSA) is 52.7 Å². The van der Waals surface area contributed by atoms with Crippen LogP contribution < -0.4 is 5.32 Å². The van der Waals surface area contributed by atoms with Crippen molar-refractivity contribution in [2.45, 2.75) is 44.6 Å². The molecule has 2 rings (SSSR count). The molecule has 5 heteroatoms. The van der Waals surface area contributed by atoms with Crippen molar-refractivity contribution < 1.29 is 9.59 Å². The van der Waals surface area contributed by atoms with Gasteiger partial charge in [-0.25, -0.2) is 0 Å². The summed E-state index contributed by atoms with van der Waals surface area (Å²) in [5.41, 5.74) is 0. The smallest absolute Gasteiger partial charge is 0.236 e. The van der Waals surface area contributed by atoms with Crippen molar-refractivity contribution in [3.8, 4) is 0 Å². The van der Waals surface area contributed by atoms with E-state index in [0.29, 0.717) is 38.8 Å². The van der Waals surface area contributed by atoms with Crippen molar-refractivity contribution in [2.75, 3.05) is 32.7 Å². The van der Waals surface area contributed by atoms with E-state index in [1.807, 2.05) is 4.90 Å².